The third-order valence-electron chi connectivity index (χ3n) is 4.43. The van der Waals surface area contributed by atoms with E-state index in [1.165, 1.54) is 11.1 Å². The molecule has 0 saturated carbocycles. The molecule has 1 amide bonds. The second-order valence-corrected chi connectivity index (χ2v) is 6.12. The van der Waals surface area contributed by atoms with Crippen molar-refractivity contribution in [3.8, 4) is 11.5 Å². The lowest BCUT2D eigenvalue weighted by molar-refractivity contribution is 0.0725. The molecule has 0 unspecified atom stereocenters. The molecule has 1 atom stereocenters. The molecule has 2 aromatic heterocycles. The molecule has 0 N–H and O–H groups in total. The Bertz CT molecular complexity index is 851. The van der Waals surface area contributed by atoms with Crippen LogP contribution < -0.4 is 0 Å². The molecule has 1 fully saturated rings. The molecule has 3 heterocycles. The molecule has 1 aliphatic heterocycles. The maximum atomic E-state index is 12.9. The SMILES string of the molecule is Cc1cccc([C@H]2CCCN2C(=O)c2cc(-c3ccco3)on2)c1. The largest absolute Gasteiger partial charge is 0.461 e. The molecular weight excluding hydrogens is 304 g/mol. The fraction of sp³-hybridized carbons (Fsp3) is 0.263. The van der Waals surface area contributed by atoms with Crippen molar-refractivity contribution in [2.45, 2.75) is 25.8 Å². The number of hydrogen-bond acceptors (Lipinski definition) is 4. The molecule has 4 rings (SSSR count). The van der Waals surface area contributed by atoms with Gasteiger partial charge < -0.3 is 13.8 Å². The molecule has 5 nitrogen and oxygen atoms in total. The number of benzene rings is 1. The summed E-state index contributed by atoms with van der Waals surface area (Å²) in [4.78, 5) is 14.8. The first-order chi connectivity index (χ1) is 11.7. The Balaban J connectivity index is 1.59. The summed E-state index contributed by atoms with van der Waals surface area (Å²) in [5.41, 5.74) is 2.70. The van der Waals surface area contributed by atoms with Gasteiger partial charge in [0.25, 0.3) is 5.91 Å². The van der Waals surface area contributed by atoms with E-state index in [1.54, 1.807) is 24.5 Å². The molecule has 0 aliphatic carbocycles. The molecule has 3 aromatic rings. The Labute approximate surface area is 139 Å². The van der Waals surface area contributed by atoms with E-state index in [1.807, 2.05) is 11.0 Å². The van der Waals surface area contributed by atoms with Crippen molar-refractivity contribution >= 4 is 5.91 Å². The van der Waals surface area contributed by atoms with Gasteiger partial charge in [0.05, 0.1) is 12.3 Å². The average Bonchev–Trinajstić information content (AvgIpc) is 3.33. The van der Waals surface area contributed by atoms with Crippen LogP contribution >= 0.6 is 0 Å². The summed E-state index contributed by atoms with van der Waals surface area (Å²) < 4.78 is 10.5. The molecule has 1 aromatic carbocycles. The third-order valence-corrected chi connectivity index (χ3v) is 4.43. The number of furan rings is 1. The zero-order valence-corrected chi connectivity index (χ0v) is 13.4. The van der Waals surface area contributed by atoms with Crippen molar-refractivity contribution in [3.05, 3.63) is 65.5 Å². The maximum absolute atomic E-state index is 12.9. The molecular formula is C19H18N2O3. The van der Waals surface area contributed by atoms with Gasteiger partial charge in [-0.15, -0.1) is 0 Å². The molecule has 5 heteroatoms. The van der Waals surface area contributed by atoms with Gasteiger partial charge in [-0.25, -0.2) is 0 Å². The number of aromatic nitrogens is 1. The summed E-state index contributed by atoms with van der Waals surface area (Å²) in [6.07, 6.45) is 3.53. The Morgan fingerprint density at radius 2 is 2.12 bits per heavy atom. The van der Waals surface area contributed by atoms with E-state index in [-0.39, 0.29) is 11.9 Å². The van der Waals surface area contributed by atoms with Gasteiger partial charge in [0.15, 0.2) is 11.5 Å². The van der Waals surface area contributed by atoms with Crippen LogP contribution in [0.3, 0.4) is 0 Å². The second-order valence-electron chi connectivity index (χ2n) is 6.12. The monoisotopic (exact) mass is 322 g/mol. The highest BCUT2D eigenvalue weighted by Crippen LogP contribution is 2.33. The van der Waals surface area contributed by atoms with Gasteiger partial charge in [-0.05, 0) is 37.5 Å². The highest BCUT2D eigenvalue weighted by molar-refractivity contribution is 5.93. The van der Waals surface area contributed by atoms with Gasteiger partial charge in [-0.3, -0.25) is 4.79 Å². The molecule has 122 valence electrons. The zero-order chi connectivity index (χ0) is 16.5. The fourth-order valence-electron chi connectivity index (χ4n) is 3.29. The van der Waals surface area contributed by atoms with E-state index < -0.39 is 0 Å². The van der Waals surface area contributed by atoms with Gasteiger partial charge in [0, 0.05) is 12.6 Å². The first-order valence-electron chi connectivity index (χ1n) is 8.10. The van der Waals surface area contributed by atoms with Crippen LogP contribution in [-0.4, -0.2) is 22.5 Å². The highest BCUT2D eigenvalue weighted by atomic mass is 16.5. The molecule has 0 bridgehead atoms. The molecule has 0 radical (unpaired) electrons. The number of likely N-dealkylation sites (tertiary alicyclic amines) is 1. The van der Waals surface area contributed by atoms with Gasteiger partial charge >= 0.3 is 0 Å². The molecule has 1 saturated heterocycles. The van der Waals surface area contributed by atoms with Crippen LogP contribution in [0.1, 0.15) is 40.5 Å². The Hall–Kier alpha value is -2.82. The molecule has 1 aliphatic rings. The van der Waals surface area contributed by atoms with Crippen LogP contribution in [0, 0.1) is 6.92 Å². The smallest absolute Gasteiger partial charge is 0.276 e. The van der Waals surface area contributed by atoms with Crippen LogP contribution in [0.4, 0.5) is 0 Å². The van der Waals surface area contributed by atoms with E-state index in [0.29, 0.717) is 17.2 Å². The predicted molar refractivity (Wildman–Crippen MR) is 88.4 cm³/mol. The lowest BCUT2D eigenvalue weighted by Gasteiger charge is -2.24. The van der Waals surface area contributed by atoms with E-state index in [0.717, 1.165) is 19.4 Å². The number of carbonyl (C=O) groups excluding carboxylic acids is 1. The van der Waals surface area contributed by atoms with Crippen molar-refractivity contribution in [2.75, 3.05) is 6.54 Å². The quantitative estimate of drug-likeness (QED) is 0.724. The van der Waals surface area contributed by atoms with Crippen molar-refractivity contribution in [3.63, 3.8) is 0 Å². The summed E-state index contributed by atoms with van der Waals surface area (Å²) in [5, 5.41) is 3.94. The number of carbonyl (C=O) groups is 1. The Morgan fingerprint density at radius 1 is 1.21 bits per heavy atom. The van der Waals surface area contributed by atoms with Crippen LogP contribution in [0.2, 0.25) is 0 Å². The first-order valence-corrected chi connectivity index (χ1v) is 8.10. The van der Waals surface area contributed by atoms with E-state index in [4.69, 9.17) is 8.94 Å². The number of amides is 1. The van der Waals surface area contributed by atoms with Crippen molar-refractivity contribution in [1.82, 2.24) is 10.1 Å². The first kappa shape index (κ1) is 14.8. The summed E-state index contributed by atoms with van der Waals surface area (Å²) in [6, 6.07) is 13.6. The zero-order valence-electron chi connectivity index (χ0n) is 13.4. The number of rotatable bonds is 3. The summed E-state index contributed by atoms with van der Waals surface area (Å²) in [7, 11) is 0. The minimum absolute atomic E-state index is 0.0967. The van der Waals surface area contributed by atoms with Gasteiger partial charge in [-0.2, -0.15) is 0 Å². The third kappa shape index (κ3) is 2.62. The molecule has 24 heavy (non-hydrogen) atoms. The second kappa shape index (κ2) is 6.00. The average molecular weight is 322 g/mol. The van der Waals surface area contributed by atoms with Gasteiger partial charge in [0.2, 0.25) is 5.76 Å². The van der Waals surface area contributed by atoms with E-state index in [2.05, 4.69) is 30.3 Å². The van der Waals surface area contributed by atoms with Crippen LogP contribution in [-0.2, 0) is 0 Å². The summed E-state index contributed by atoms with van der Waals surface area (Å²) >= 11 is 0. The number of nitrogens with zero attached hydrogens (tertiary/aromatic N) is 2. The fourth-order valence-corrected chi connectivity index (χ4v) is 3.29. The standard InChI is InChI=1S/C19H18N2O3/c1-13-5-2-6-14(11-13)16-7-3-9-21(16)19(22)15-12-18(24-20-15)17-8-4-10-23-17/h2,4-6,8,10-12,16H,3,7,9H2,1H3/t16-/m1/s1. The van der Waals surface area contributed by atoms with Crippen molar-refractivity contribution in [1.29, 1.82) is 0 Å². The lowest BCUT2D eigenvalue weighted by atomic mass is 10.0. The maximum Gasteiger partial charge on any atom is 0.276 e. The Morgan fingerprint density at radius 3 is 2.92 bits per heavy atom. The van der Waals surface area contributed by atoms with Crippen LogP contribution in [0.5, 0.6) is 0 Å². The minimum atomic E-state index is -0.0967. The van der Waals surface area contributed by atoms with Crippen molar-refractivity contribution < 1.29 is 13.7 Å². The summed E-state index contributed by atoms with van der Waals surface area (Å²) in [6.45, 7) is 2.80. The Kier molecular flexibility index (Phi) is 3.69. The number of hydrogen-bond donors (Lipinski definition) is 0. The van der Waals surface area contributed by atoms with Crippen molar-refractivity contribution in [2.24, 2.45) is 0 Å². The highest BCUT2D eigenvalue weighted by Gasteiger charge is 2.32. The minimum Gasteiger partial charge on any atom is -0.461 e. The topological polar surface area (TPSA) is 59.5 Å². The predicted octanol–water partition coefficient (Wildman–Crippen LogP) is 4.22. The van der Waals surface area contributed by atoms with Gasteiger partial charge in [-0.1, -0.05) is 35.0 Å². The van der Waals surface area contributed by atoms with E-state index in [9.17, 15) is 4.79 Å². The van der Waals surface area contributed by atoms with E-state index >= 15 is 0 Å². The lowest BCUT2D eigenvalue weighted by Crippen LogP contribution is -2.30. The van der Waals surface area contributed by atoms with Crippen LogP contribution in [0.25, 0.3) is 11.5 Å². The normalized spacial score (nSPS) is 17.4. The number of aryl methyl sites for hydroxylation is 1. The van der Waals surface area contributed by atoms with Crippen LogP contribution in [0.15, 0.2) is 57.7 Å². The molecule has 0 spiro atoms. The van der Waals surface area contributed by atoms with Gasteiger partial charge in [0.1, 0.15) is 0 Å². The summed E-state index contributed by atoms with van der Waals surface area (Å²) in [5.74, 6) is 0.938.